The molecular formula is C31H33N3O4. The zero-order chi connectivity index (χ0) is 27.2. The first-order chi connectivity index (χ1) is 18.5. The molecule has 1 atom stereocenters. The summed E-state index contributed by atoms with van der Waals surface area (Å²) >= 11 is 0. The molecule has 7 nitrogen and oxygen atoms in total. The number of nitrogens with one attached hydrogen (secondary N) is 2. The van der Waals surface area contributed by atoms with Crippen LogP contribution in [0.2, 0.25) is 0 Å². The number of hydrogen-bond acceptors (Lipinski definition) is 5. The summed E-state index contributed by atoms with van der Waals surface area (Å²) < 4.78 is 0. The second-order valence-electron chi connectivity index (χ2n) is 8.89. The van der Waals surface area contributed by atoms with Gasteiger partial charge in [-0.15, -0.1) is 0 Å². The number of Topliss-reactive ketones (excluding diaryl/α,β-unsaturated/α-hetero) is 1. The van der Waals surface area contributed by atoms with E-state index in [4.69, 9.17) is 10.8 Å². The van der Waals surface area contributed by atoms with Crippen LogP contribution in [-0.4, -0.2) is 41.9 Å². The fourth-order valence-electron chi connectivity index (χ4n) is 3.77. The number of aryl methyl sites for hydroxylation is 1. The van der Waals surface area contributed by atoms with Crippen molar-refractivity contribution < 1.29 is 19.5 Å². The van der Waals surface area contributed by atoms with E-state index in [0.717, 1.165) is 36.9 Å². The van der Waals surface area contributed by atoms with Gasteiger partial charge in [0.15, 0.2) is 5.78 Å². The Morgan fingerprint density at radius 1 is 0.816 bits per heavy atom. The van der Waals surface area contributed by atoms with Crippen LogP contribution in [0.3, 0.4) is 0 Å². The molecule has 2 amide bonds. The van der Waals surface area contributed by atoms with E-state index in [-0.39, 0.29) is 12.5 Å². The predicted molar refractivity (Wildman–Crippen MR) is 149 cm³/mol. The van der Waals surface area contributed by atoms with Gasteiger partial charge in [0.1, 0.15) is 12.6 Å². The molecule has 3 aromatic rings. The molecule has 0 aliphatic carbocycles. The van der Waals surface area contributed by atoms with Crippen molar-refractivity contribution in [1.29, 1.82) is 0 Å². The van der Waals surface area contributed by atoms with Gasteiger partial charge in [-0.3, -0.25) is 14.4 Å². The fraction of sp³-hybridized carbons (Fsp3) is 0.258. The summed E-state index contributed by atoms with van der Waals surface area (Å²) in [6, 6.07) is 23.4. The molecule has 0 heterocycles. The van der Waals surface area contributed by atoms with Gasteiger partial charge in [-0.1, -0.05) is 48.6 Å². The SMILES string of the molecule is NC[C@H](NC(=O)c1ccc(C#Cc2ccc(NC(=O)CCCCCc3ccccc3)cc2)cc1)C(=O)CO. The Hall–Kier alpha value is -4.25. The van der Waals surface area contributed by atoms with E-state index in [2.05, 4.69) is 34.6 Å². The number of nitrogens with two attached hydrogens (primary N) is 1. The van der Waals surface area contributed by atoms with E-state index >= 15 is 0 Å². The van der Waals surface area contributed by atoms with Gasteiger partial charge in [-0.05, 0) is 73.4 Å². The van der Waals surface area contributed by atoms with Gasteiger partial charge in [-0.2, -0.15) is 0 Å². The van der Waals surface area contributed by atoms with Gasteiger partial charge in [0.05, 0.1) is 0 Å². The van der Waals surface area contributed by atoms with Crippen LogP contribution in [0.1, 0.15) is 52.7 Å². The molecule has 0 spiro atoms. The first-order valence-electron chi connectivity index (χ1n) is 12.7. The minimum Gasteiger partial charge on any atom is -0.388 e. The average Bonchev–Trinajstić information content (AvgIpc) is 2.95. The Balaban J connectivity index is 1.43. The smallest absolute Gasteiger partial charge is 0.251 e. The topological polar surface area (TPSA) is 122 Å². The molecule has 3 rings (SSSR count). The maximum absolute atomic E-state index is 12.3. The molecule has 0 unspecified atom stereocenters. The minimum atomic E-state index is -0.926. The molecule has 0 saturated carbocycles. The predicted octanol–water partition coefficient (Wildman–Crippen LogP) is 3.45. The molecule has 38 heavy (non-hydrogen) atoms. The lowest BCUT2D eigenvalue weighted by atomic mass is 10.1. The highest BCUT2D eigenvalue weighted by Gasteiger charge is 2.18. The number of ketones is 1. The van der Waals surface area contributed by atoms with Gasteiger partial charge >= 0.3 is 0 Å². The Bertz CT molecular complexity index is 1260. The molecule has 0 fully saturated rings. The first kappa shape index (κ1) is 28.3. The van der Waals surface area contributed by atoms with E-state index < -0.39 is 24.3 Å². The number of carbonyl (C=O) groups is 3. The molecule has 196 valence electrons. The van der Waals surface area contributed by atoms with Crippen molar-refractivity contribution in [2.45, 2.75) is 38.1 Å². The molecule has 0 bridgehead atoms. The van der Waals surface area contributed by atoms with E-state index in [1.165, 1.54) is 5.56 Å². The fourth-order valence-corrected chi connectivity index (χ4v) is 3.77. The van der Waals surface area contributed by atoms with Crippen LogP contribution in [0.15, 0.2) is 78.9 Å². The maximum Gasteiger partial charge on any atom is 0.251 e. The highest BCUT2D eigenvalue weighted by atomic mass is 16.3. The number of benzene rings is 3. The van der Waals surface area contributed by atoms with Crippen LogP contribution in [0.4, 0.5) is 5.69 Å². The number of carbonyl (C=O) groups excluding carboxylic acids is 3. The second-order valence-corrected chi connectivity index (χ2v) is 8.89. The number of anilines is 1. The maximum atomic E-state index is 12.3. The van der Waals surface area contributed by atoms with Gasteiger partial charge < -0.3 is 21.5 Å². The van der Waals surface area contributed by atoms with Gasteiger partial charge in [-0.25, -0.2) is 0 Å². The lowest BCUT2D eigenvalue weighted by Gasteiger charge is -2.14. The third kappa shape index (κ3) is 9.32. The Morgan fingerprint density at radius 3 is 2.05 bits per heavy atom. The number of aliphatic hydroxyl groups excluding tert-OH is 1. The Morgan fingerprint density at radius 2 is 1.45 bits per heavy atom. The number of rotatable bonds is 12. The Kier molecular flexibility index (Phi) is 11.3. The standard InChI is InChI=1S/C31H33N3O4/c32-21-28(29(36)22-35)34-31(38)26-17-13-24(14-18-26)11-12-25-15-19-27(20-16-25)33-30(37)10-6-2-5-9-23-7-3-1-4-8-23/h1,3-4,7-8,13-20,28,35H,2,5-6,9-10,21-22,32H2,(H,33,37)(H,34,38)/t28-/m0/s1. The van der Waals surface area contributed by atoms with Crippen molar-refractivity contribution in [3.63, 3.8) is 0 Å². The summed E-state index contributed by atoms with van der Waals surface area (Å²) in [4.78, 5) is 36.1. The zero-order valence-corrected chi connectivity index (χ0v) is 21.3. The summed E-state index contributed by atoms with van der Waals surface area (Å²) in [5.74, 6) is 5.12. The molecule has 0 aliphatic rings. The first-order valence-corrected chi connectivity index (χ1v) is 12.7. The van der Waals surface area contributed by atoms with Crippen LogP contribution < -0.4 is 16.4 Å². The molecule has 0 aliphatic heterocycles. The normalized spacial score (nSPS) is 11.1. The quantitative estimate of drug-likeness (QED) is 0.219. The zero-order valence-electron chi connectivity index (χ0n) is 21.3. The van der Waals surface area contributed by atoms with Crippen molar-refractivity contribution in [2.24, 2.45) is 5.73 Å². The number of unbranched alkanes of at least 4 members (excludes halogenated alkanes) is 2. The third-order valence-corrected chi connectivity index (χ3v) is 5.96. The lowest BCUT2D eigenvalue weighted by molar-refractivity contribution is -0.123. The van der Waals surface area contributed by atoms with E-state index in [1.54, 1.807) is 24.3 Å². The summed E-state index contributed by atoms with van der Waals surface area (Å²) in [7, 11) is 0. The number of amides is 2. The van der Waals surface area contributed by atoms with Crippen molar-refractivity contribution in [3.8, 4) is 11.8 Å². The average molecular weight is 512 g/mol. The van der Waals surface area contributed by atoms with Crippen molar-refractivity contribution >= 4 is 23.3 Å². The van der Waals surface area contributed by atoms with Gasteiger partial charge in [0.25, 0.3) is 5.91 Å². The summed E-state index contributed by atoms with van der Waals surface area (Å²) in [6.45, 7) is -0.772. The van der Waals surface area contributed by atoms with Gasteiger partial charge in [0.2, 0.25) is 5.91 Å². The minimum absolute atomic E-state index is 0.00572. The third-order valence-electron chi connectivity index (χ3n) is 5.96. The highest BCUT2D eigenvalue weighted by molar-refractivity contribution is 5.98. The second kappa shape index (κ2) is 15.1. The van der Waals surface area contributed by atoms with Crippen molar-refractivity contribution in [2.75, 3.05) is 18.5 Å². The summed E-state index contributed by atoms with van der Waals surface area (Å²) in [5, 5.41) is 14.4. The van der Waals surface area contributed by atoms with Crippen LogP contribution in [0, 0.1) is 11.8 Å². The molecular weight excluding hydrogens is 478 g/mol. The number of hydrogen-bond donors (Lipinski definition) is 4. The summed E-state index contributed by atoms with van der Waals surface area (Å²) in [5.41, 5.74) is 9.41. The van der Waals surface area contributed by atoms with E-state index in [9.17, 15) is 14.4 Å². The largest absolute Gasteiger partial charge is 0.388 e. The molecule has 0 aromatic heterocycles. The van der Waals surface area contributed by atoms with Crippen LogP contribution in [-0.2, 0) is 16.0 Å². The van der Waals surface area contributed by atoms with Crippen molar-refractivity contribution in [3.05, 3.63) is 101 Å². The lowest BCUT2D eigenvalue weighted by Crippen LogP contribution is -2.46. The monoisotopic (exact) mass is 511 g/mol. The molecule has 0 radical (unpaired) electrons. The van der Waals surface area contributed by atoms with E-state index in [0.29, 0.717) is 17.5 Å². The van der Waals surface area contributed by atoms with E-state index in [1.807, 2.05) is 42.5 Å². The number of aliphatic hydroxyl groups is 1. The van der Waals surface area contributed by atoms with Crippen LogP contribution in [0.25, 0.3) is 0 Å². The highest BCUT2D eigenvalue weighted by Crippen LogP contribution is 2.12. The molecule has 0 saturated heterocycles. The molecule has 7 heteroatoms. The molecule has 3 aromatic carbocycles. The summed E-state index contributed by atoms with van der Waals surface area (Å²) in [6.07, 6.45) is 4.47. The van der Waals surface area contributed by atoms with Crippen LogP contribution in [0.5, 0.6) is 0 Å². The Labute approximate surface area is 223 Å². The van der Waals surface area contributed by atoms with Crippen LogP contribution >= 0.6 is 0 Å². The van der Waals surface area contributed by atoms with Crippen molar-refractivity contribution in [1.82, 2.24) is 5.32 Å². The molecule has 5 N–H and O–H groups in total. The van der Waals surface area contributed by atoms with Gasteiger partial charge in [0, 0.05) is 35.3 Å².